The van der Waals surface area contributed by atoms with Crippen LogP contribution < -0.4 is 0 Å². The zero-order valence-corrected chi connectivity index (χ0v) is 10.0. The normalized spacial score (nSPS) is 22.1. The van der Waals surface area contributed by atoms with Crippen LogP contribution in [0.1, 0.15) is 12.0 Å². The first-order valence-corrected chi connectivity index (χ1v) is 6.58. The van der Waals surface area contributed by atoms with E-state index in [0.717, 1.165) is 5.25 Å². The molecule has 0 bridgehead atoms. The smallest absolute Gasteiger partial charge is 0.0270 e. The van der Waals surface area contributed by atoms with Crippen molar-refractivity contribution in [1.82, 2.24) is 9.88 Å². The summed E-state index contributed by atoms with van der Waals surface area (Å²) in [6.07, 6.45) is 6.29. The molecule has 2 heterocycles. The average molecular weight is 222 g/mol. The van der Waals surface area contributed by atoms with Gasteiger partial charge in [0.05, 0.1) is 0 Å². The summed E-state index contributed by atoms with van der Waals surface area (Å²) in [5, 5.41) is 0.858. The lowest BCUT2D eigenvalue weighted by Gasteiger charge is -2.09. The number of aryl methyl sites for hydroxylation is 1. The van der Waals surface area contributed by atoms with Crippen molar-refractivity contribution in [2.45, 2.75) is 18.1 Å². The van der Waals surface area contributed by atoms with E-state index in [2.05, 4.69) is 40.8 Å². The van der Waals surface area contributed by atoms with Crippen LogP contribution in [0.3, 0.4) is 0 Å². The molecule has 1 atom stereocenters. The predicted molar refractivity (Wildman–Crippen MR) is 66.3 cm³/mol. The maximum Gasteiger partial charge on any atom is 0.0270 e. The molecular weight excluding hydrogens is 204 g/mol. The lowest BCUT2D eigenvalue weighted by Crippen LogP contribution is -2.15. The van der Waals surface area contributed by atoms with E-state index in [-0.39, 0.29) is 0 Å². The Labute approximate surface area is 96.1 Å². The highest BCUT2D eigenvalue weighted by Gasteiger charge is 2.18. The van der Waals surface area contributed by atoms with Gasteiger partial charge in [-0.25, -0.2) is 0 Å². The van der Waals surface area contributed by atoms with Gasteiger partial charge in [0.1, 0.15) is 0 Å². The van der Waals surface area contributed by atoms with E-state index in [1.54, 1.807) is 0 Å². The van der Waals surface area contributed by atoms with Crippen LogP contribution in [0.2, 0.25) is 0 Å². The Morgan fingerprint density at radius 2 is 2.27 bits per heavy atom. The Bertz CT molecular complexity index is 289. The molecule has 3 heteroatoms. The van der Waals surface area contributed by atoms with Gasteiger partial charge >= 0.3 is 0 Å². The fraction of sp³-hybridized carbons (Fsp3) is 0.583. The minimum Gasteiger partial charge on any atom is -0.305 e. The lowest BCUT2D eigenvalue weighted by molar-refractivity contribution is 0.419. The summed E-state index contributed by atoms with van der Waals surface area (Å²) in [7, 11) is 2.21. The third-order valence-electron chi connectivity index (χ3n) is 2.84. The van der Waals surface area contributed by atoms with Crippen LogP contribution in [0, 0.1) is 0 Å². The van der Waals surface area contributed by atoms with Crippen LogP contribution in [0.15, 0.2) is 24.5 Å². The van der Waals surface area contributed by atoms with Gasteiger partial charge in [0.25, 0.3) is 0 Å². The summed E-state index contributed by atoms with van der Waals surface area (Å²) in [5.41, 5.74) is 1.41. The number of pyridine rings is 1. The van der Waals surface area contributed by atoms with Crippen molar-refractivity contribution in [3.05, 3.63) is 30.1 Å². The quantitative estimate of drug-likeness (QED) is 0.776. The van der Waals surface area contributed by atoms with E-state index < -0.39 is 0 Å². The second kappa shape index (κ2) is 5.52. The van der Waals surface area contributed by atoms with Crippen LogP contribution in [0.25, 0.3) is 0 Å². The molecule has 15 heavy (non-hydrogen) atoms. The van der Waals surface area contributed by atoms with Crippen molar-refractivity contribution in [2.24, 2.45) is 0 Å². The van der Waals surface area contributed by atoms with Crippen LogP contribution >= 0.6 is 11.8 Å². The zero-order chi connectivity index (χ0) is 10.5. The number of thioether (sulfide) groups is 1. The SMILES string of the molecule is CN1CCC(SCCc2ccncc2)C1. The monoisotopic (exact) mass is 222 g/mol. The third kappa shape index (κ3) is 3.50. The maximum atomic E-state index is 4.03. The highest BCUT2D eigenvalue weighted by Crippen LogP contribution is 2.22. The van der Waals surface area contributed by atoms with Crippen molar-refractivity contribution in [3.8, 4) is 0 Å². The summed E-state index contributed by atoms with van der Waals surface area (Å²) >= 11 is 2.12. The Kier molecular flexibility index (Phi) is 4.03. The molecule has 0 radical (unpaired) electrons. The topological polar surface area (TPSA) is 16.1 Å². The summed E-state index contributed by atoms with van der Waals surface area (Å²) in [6, 6.07) is 4.22. The van der Waals surface area contributed by atoms with E-state index in [4.69, 9.17) is 0 Å². The molecular formula is C12H18N2S. The Morgan fingerprint density at radius 1 is 1.47 bits per heavy atom. The minimum atomic E-state index is 0.858. The van der Waals surface area contributed by atoms with Gasteiger partial charge in [-0.2, -0.15) is 11.8 Å². The second-order valence-corrected chi connectivity index (χ2v) is 5.56. The number of hydrogen-bond donors (Lipinski definition) is 0. The number of likely N-dealkylation sites (tertiary alicyclic amines) is 1. The second-order valence-electron chi connectivity index (χ2n) is 4.15. The Hall–Kier alpha value is -0.540. The summed E-state index contributed by atoms with van der Waals surface area (Å²) in [4.78, 5) is 6.45. The van der Waals surface area contributed by atoms with Gasteiger partial charge in [0.2, 0.25) is 0 Å². The van der Waals surface area contributed by atoms with Gasteiger partial charge in [-0.15, -0.1) is 0 Å². The van der Waals surface area contributed by atoms with Crippen molar-refractivity contribution >= 4 is 11.8 Å². The van der Waals surface area contributed by atoms with Crippen LogP contribution in [-0.2, 0) is 6.42 Å². The average Bonchev–Trinajstić information content (AvgIpc) is 2.66. The minimum absolute atomic E-state index is 0.858. The highest BCUT2D eigenvalue weighted by atomic mass is 32.2. The molecule has 82 valence electrons. The summed E-state index contributed by atoms with van der Waals surface area (Å²) in [5.74, 6) is 1.24. The van der Waals surface area contributed by atoms with E-state index >= 15 is 0 Å². The molecule has 1 aromatic rings. The molecule has 1 aromatic heterocycles. The van der Waals surface area contributed by atoms with E-state index in [1.165, 1.54) is 37.2 Å². The molecule has 0 aliphatic carbocycles. The maximum absolute atomic E-state index is 4.03. The molecule has 2 nitrogen and oxygen atoms in total. The van der Waals surface area contributed by atoms with Crippen LogP contribution in [0.4, 0.5) is 0 Å². The molecule has 1 saturated heterocycles. The van der Waals surface area contributed by atoms with Gasteiger partial charge in [-0.1, -0.05) is 0 Å². The van der Waals surface area contributed by atoms with Gasteiger partial charge in [0.15, 0.2) is 0 Å². The van der Waals surface area contributed by atoms with Gasteiger partial charge in [-0.05, 0) is 49.9 Å². The van der Waals surface area contributed by atoms with Gasteiger partial charge < -0.3 is 4.90 Å². The van der Waals surface area contributed by atoms with Gasteiger partial charge in [0, 0.05) is 24.2 Å². The number of hydrogen-bond acceptors (Lipinski definition) is 3. The molecule has 0 N–H and O–H groups in total. The third-order valence-corrected chi connectivity index (χ3v) is 4.14. The van der Waals surface area contributed by atoms with Crippen LogP contribution in [0.5, 0.6) is 0 Å². The van der Waals surface area contributed by atoms with Crippen LogP contribution in [-0.4, -0.2) is 41.0 Å². The van der Waals surface area contributed by atoms with Crippen molar-refractivity contribution in [1.29, 1.82) is 0 Å². The molecule has 0 amide bonds. The van der Waals surface area contributed by atoms with Gasteiger partial charge in [-0.3, -0.25) is 4.98 Å². The molecule has 0 saturated carbocycles. The number of nitrogens with zero attached hydrogens (tertiary/aromatic N) is 2. The van der Waals surface area contributed by atoms with E-state index in [0.29, 0.717) is 0 Å². The zero-order valence-electron chi connectivity index (χ0n) is 9.22. The molecule has 1 aliphatic rings. The van der Waals surface area contributed by atoms with Crippen molar-refractivity contribution in [3.63, 3.8) is 0 Å². The largest absolute Gasteiger partial charge is 0.305 e. The molecule has 1 fully saturated rings. The molecule has 2 rings (SSSR count). The van der Waals surface area contributed by atoms with Crippen molar-refractivity contribution in [2.75, 3.05) is 25.9 Å². The number of aromatic nitrogens is 1. The van der Waals surface area contributed by atoms with E-state index in [1.807, 2.05) is 12.4 Å². The summed E-state index contributed by atoms with van der Waals surface area (Å²) in [6.45, 7) is 2.54. The summed E-state index contributed by atoms with van der Waals surface area (Å²) < 4.78 is 0. The highest BCUT2D eigenvalue weighted by molar-refractivity contribution is 7.99. The molecule has 0 aromatic carbocycles. The molecule has 1 unspecified atom stereocenters. The number of rotatable bonds is 4. The fourth-order valence-electron chi connectivity index (χ4n) is 1.92. The van der Waals surface area contributed by atoms with Crippen molar-refractivity contribution < 1.29 is 0 Å². The molecule has 1 aliphatic heterocycles. The first kappa shape index (κ1) is 11.0. The Balaban J connectivity index is 1.67. The van der Waals surface area contributed by atoms with E-state index in [9.17, 15) is 0 Å². The lowest BCUT2D eigenvalue weighted by atomic mass is 10.2. The first-order chi connectivity index (χ1) is 7.34. The first-order valence-electron chi connectivity index (χ1n) is 5.53. The predicted octanol–water partition coefficient (Wildman–Crippen LogP) is 2.06. The Morgan fingerprint density at radius 3 is 2.93 bits per heavy atom. The molecule has 0 spiro atoms. The fourth-order valence-corrected chi connectivity index (χ4v) is 3.24. The standard InChI is InChI=1S/C12H18N2S/c1-14-8-4-12(10-14)15-9-5-11-2-6-13-7-3-11/h2-3,6-7,12H,4-5,8-10H2,1H3.